The molecule has 0 aliphatic carbocycles. The van der Waals surface area contributed by atoms with E-state index in [1.165, 1.54) is 6.20 Å². The molecule has 2 rings (SSSR count). The second-order valence-corrected chi connectivity index (χ2v) is 4.59. The molecule has 2 heterocycles. The molecule has 4 N–H and O–H groups in total. The number of carbonyl (C=O) groups is 1. The number of rotatable bonds is 3. The summed E-state index contributed by atoms with van der Waals surface area (Å²) in [5.74, 6) is -0.562. The number of pyridine rings is 1. The molecule has 1 aliphatic rings. The first-order valence-corrected chi connectivity index (χ1v) is 5.87. The predicted molar refractivity (Wildman–Crippen MR) is 61.8 cm³/mol. The summed E-state index contributed by atoms with van der Waals surface area (Å²) in [4.78, 5) is 11.1. The second kappa shape index (κ2) is 6.62. The van der Waals surface area contributed by atoms with Crippen molar-refractivity contribution < 1.29 is 41.3 Å². The Bertz CT molecular complexity index is 462. The van der Waals surface area contributed by atoms with Crippen LogP contribution in [0.2, 0.25) is 0 Å². The molecule has 0 radical (unpaired) electrons. The predicted octanol–water partition coefficient (Wildman–Crippen LogP) is -4.06. The molecular weight excluding hydrogens is 339 g/mol. The maximum atomic E-state index is 11.1. The highest BCUT2D eigenvalue weighted by molar-refractivity contribution is 6.21. The van der Waals surface area contributed by atoms with E-state index in [1.54, 1.807) is 22.9 Å². The molecule has 19 heavy (non-hydrogen) atoms. The van der Waals surface area contributed by atoms with Crippen LogP contribution in [-0.4, -0.2) is 40.3 Å². The molecule has 0 bridgehead atoms. The number of primary amides is 1. The fourth-order valence-electron chi connectivity index (χ4n) is 1.89. The maximum Gasteiger partial charge on any atom is 0.282 e. The van der Waals surface area contributed by atoms with E-state index in [0.717, 1.165) is 0 Å². The van der Waals surface area contributed by atoms with Gasteiger partial charge in [0.25, 0.3) is 12.1 Å². The molecule has 4 atom stereocenters. The molecule has 1 aromatic rings. The molecule has 8 heteroatoms. The molecular formula is C11H14BrClN2O4. The lowest BCUT2D eigenvalue weighted by molar-refractivity contribution is -0.758. The van der Waals surface area contributed by atoms with E-state index in [-0.39, 0.29) is 23.6 Å². The van der Waals surface area contributed by atoms with Gasteiger partial charge in [-0.3, -0.25) is 4.79 Å². The summed E-state index contributed by atoms with van der Waals surface area (Å²) in [6.45, 7) is -0.322. The van der Waals surface area contributed by atoms with E-state index < -0.39 is 29.7 Å². The van der Waals surface area contributed by atoms with Gasteiger partial charge < -0.3 is 37.7 Å². The summed E-state index contributed by atoms with van der Waals surface area (Å²) in [7, 11) is 0. The zero-order chi connectivity index (χ0) is 13.3. The minimum atomic E-state index is -0.966. The molecule has 1 amide bonds. The zero-order valence-corrected chi connectivity index (χ0v) is 12.2. The third-order valence-electron chi connectivity index (χ3n) is 2.87. The van der Waals surface area contributed by atoms with E-state index in [2.05, 4.69) is 0 Å². The maximum absolute atomic E-state index is 11.1. The normalized spacial score (nSPS) is 29.8. The number of ether oxygens (including phenoxy) is 1. The molecule has 1 aliphatic heterocycles. The van der Waals surface area contributed by atoms with Crippen LogP contribution in [0.15, 0.2) is 24.5 Å². The molecule has 1 saturated heterocycles. The van der Waals surface area contributed by atoms with Gasteiger partial charge in [-0.2, -0.15) is 4.57 Å². The smallest absolute Gasteiger partial charge is 0.282 e. The Kier molecular flexibility index (Phi) is 5.69. The minimum Gasteiger partial charge on any atom is -1.00 e. The number of halogens is 2. The van der Waals surface area contributed by atoms with E-state index >= 15 is 0 Å². The summed E-state index contributed by atoms with van der Waals surface area (Å²) >= 11 is 6.05. The first-order valence-electron chi connectivity index (χ1n) is 5.43. The highest BCUT2D eigenvalue weighted by Gasteiger charge is 2.47. The lowest BCUT2D eigenvalue weighted by atomic mass is 10.2. The molecule has 1 aromatic heterocycles. The van der Waals surface area contributed by atoms with Crippen LogP contribution in [0.25, 0.3) is 0 Å². The van der Waals surface area contributed by atoms with E-state index in [0.29, 0.717) is 5.56 Å². The standard InChI is InChI=1S/C11H13ClN2O4.BrH/c12-8-9(16)7(5-15)18-11(8)14-3-1-2-6(4-14)10(13)17;/h1-4,7-9,11,15-16H,5H2,(H-,13,17);1H/t7-,8+,9-,11-;/m1./s1. The SMILES string of the molecule is NC(=O)c1ccc[n+]([C@@H]2O[C@H](CO)[C@@H](O)[C@@H]2Cl)c1.[Br-]. The Balaban J connectivity index is 0.00000180. The van der Waals surface area contributed by atoms with Gasteiger partial charge in [0.1, 0.15) is 17.8 Å². The number of amides is 1. The molecule has 0 unspecified atom stereocenters. The average Bonchev–Trinajstić information content (AvgIpc) is 2.66. The van der Waals surface area contributed by atoms with Crippen molar-refractivity contribution in [3.8, 4) is 0 Å². The van der Waals surface area contributed by atoms with Crippen LogP contribution in [-0.2, 0) is 4.74 Å². The van der Waals surface area contributed by atoms with Crippen molar-refractivity contribution in [2.45, 2.75) is 23.8 Å². The average molecular weight is 354 g/mol. The van der Waals surface area contributed by atoms with Gasteiger partial charge in [0.05, 0.1) is 6.61 Å². The third kappa shape index (κ3) is 3.24. The first-order chi connectivity index (χ1) is 8.54. The van der Waals surface area contributed by atoms with Crippen LogP contribution >= 0.6 is 11.6 Å². The van der Waals surface area contributed by atoms with Crippen LogP contribution in [0, 0.1) is 0 Å². The van der Waals surface area contributed by atoms with Gasteiger partial charge >= 0.3 is 0 Å². The number of aliphatic hydroxyl groups excluding tert-OH is 2. The monoisotopic (exact) mass is 352 g/mol. The molecule has 0 spiro atoms. The van der Waals surface area contributed by atoms with Gasteiger partial charge in [0, 0.05) is 6.07 Å². The molecule has 6 nitrogen and oxygen atoms in total. The number of nitrogens with two attached hydrogens (primary N) is 1. The van der Waals surface area contributed by atoms with Gasteiger partial charge in [-0.25, -0.2) is 0 Å². The number of hydrogen-bond acceptors (Lipinski definition) is 4. The largest absolute Gasteiger partial charge is 1.00 e. The van der Waals surface area contributed by atoms with Crippen molar-refractivity contribution in [1.29, 1.82) is 0 Å². The highest BCUT2D eigenvalue weighted by Crippen LogP contribution is 2.29. The van der Waals surface area contributed by atoms with E-state index in [9.17, 15) is 9.90 Å². The fourth-order valence-corrected chi connectivity index (χ4v) is 2.24. The van der Waals surface area contributed by atoms with Crippen LogP contribution in [0.4, 0.5) is 0 Å². The van der Waals surface area contributed by atoms with Crippen molar-refractivity contribution in [3.63, 3.8) is 0 Å². The van der Waals surface area contributed by atoms with Crippen LogP contribution in [0.1, 0.15) is 16.6 Å². The van der Waals surface area contributed by atoms with Crippen LogP contribution in [0.5, 0.6) is 0 Å². The van der Waals surface area contributed by atoms with E-state index in [4.69, 9.17) is 27.2 Å². The van der Waals surface area contributed by atoms with Gasteiger partial charge in [-0.15, -0.1) is 11.6 Å². The lowest BCUT2D eigenvalue weighted by Gasteiger charge is -2.09. The first kappa shape index (κ1) is 16.3. The number of hydrogen-bond donors (Lipinski definition) is 3. The molecule has 0 aromatic carbocycles. The zero-order valence-electron chi connectivity index (χ0n) is 9.82. The molecule has 0 saturated carbocycles. The Hall–Kier alpha value is -0.730. The molecule has 1 fully saturated rings. The van der Waals surface area contributed by atoms with Crippen molar-refractivity contribution in [2.24, 2.45) is 5.73 Å². The Morgan fingerprint density at radius 3 is 2.79 bits per heavy atom. The Morgan fingerprint density at radius 2 is 2.26 bits per heavy atom. The van der Waals surface area contributed by atoms with Crippen molar-refractivity contribution >= 4 is 17.5 Å². The van der Waals surface area contributed by atoms with Crippen molar-refractivity contribution in [1.82, 2.24) is 0 Å². The van der Waals surface area contributed by atoms with Gasteiger partial charge in [-0.05, 0) is 6.07 Å². The van der Waals surface area contributed by atoms with Crippen molar-refractivity contribution in [2.75, 3.05) is 6.61 Å². The highest BCUT2D eigenvalue weighted by atomic mass is 79.9. The minimum absolute atomic E-state index is 0. The Morgan fingerprint density at radius 1 is 1.58 bits per heavy atom. The summed E-state index contributed by atoms with van der Waals surface area (Å²) in [5.41, 5.74) is 5.49. The van der Waals surface area contributed by atoms with Crippen molar-refractivity contribution in [3.05, 3.63) is 30.1 Å². The molecule has 106 valence electrons. The number of alkyl halides is 1. The number of aliphatic hydroxyl groups is 2. The van der Waals surface area contributed by atoms with Gasteiger partial charge in [-0.1, -0.05) is 0 Å². The number of aromatic nitrogens is 1. The lowest BCUT2D eigenvalue weighted by Crippen LogP contribution is -3.00. The van der Waals surface area contributed by atoms with Crippen LogP contribution < -0.4 is 27.3 Å². The number of nitrogens with zero attached hydrogens (tertiary/aromatic N) is 1. The fraction of sp³-hybridized carbons (Fsp3) is 0.455. The summed E-state index contributed by atoms with van der Waals surface area (Å²) < 4.78 is 6.99. The number of carbonyl (C=O) groups excluding carboxylic acids is 1. The van der Waals surface area contributed by atoms with Crippen LogP contribution in [0.3, 0.4) is 0 Å². The summed E-state index contributed by atoms with van der Waals surface area (Å²) in [5, 5.41) is 18.1. The second-order valence-electron chi connectivity index (χ2n) is 4.09. The summed E-state index contributed by atoms with van der Waals surface area (Å²) in [6, 6.07) is 3.20. The Labute approximate surface area is 125 Å². The van der Waals surface area contributed by atoms with Gasteiger partial charge in [0.15, 0.2) is 17.8 Å². The summed E-state index contributed by atoms with van der Waals surface area (Å²) in [6.07, 6.45) is 0.792. The quantitative estimate of drug-likeness (QED) is 0.380. The van der Waals surface area contributed by atoms with E-state index in [1.807, 2.05) is 0 Å². The topological polar surface area (TPSA) is 96.7 Å². The third-order valence-corrected chi connectivity index (χ3v) is 3.35. The van der Waals surface area contributed by atoms with Gasteiger partial charge in [0.2, 0.25) is 0 Å².